The van der Waals surface area contributed by atoms with Crippen LogP contribution < -0.4 is 10.5 Å². The maximum atomic E-state index is 10.3. The Morgan fingerprint density at radius 1 is 1.48 bits per heavy atom. The molecule has 1 aromatic rings. The van der Waals surface area contributed by atoms with Crippen LogP contribution in [0.3, 0.4) is 0 Å². The van der Waals surface area contributed by atoms with Crippen molar-refractivity contribution in [2.24, 2.45) is 11.1 Å². The van der Waals surface area contributed by atoms with Gasteiger partial charge in [0.25, 0.3) is 0 Å². The molecule has 1 heterocycles. The average molecular weight is 342 g/mol. The molecular weight excluding hydrogens is 312 g/mol. The summed E-state index contributed by atoms with van der Waals surface area (Å²) >= 11 is 0. The van der Waals surface area contributed by atoms with Crippen molar-refractivity contribution in [3.63, 3.8) is 0 Å². The summed E-state index contributed by atoms with van der Waals surface area (Å²) in [5, 5.41) is 10.3. The van der Waals surface area contributed by atoms with E-state index in [2.05, 4.69) is 31.4 Å². The number of hydrogen-bond acceptors (Lipinski definition) is 4. The predicted molar refractivity (Wildman–Crippen MR) is 100 cm³/mol. The zero-order valence-electron chi connectivity index (χ0n) is 15.4. The first-order valence-corrected chi connectivity index (χ1v) is 9.63. The van der Waals surface area contributed by atoms with Crippen LogP contribution in [0.1, 0.15) is 50.2 Å². The van der Waals surface area contributed by atoms with E-state index in [0.29, 0.717) is 11.8 Å². The molecule has 5 atom stereocenters. The number of nitrogens with zero attached hydrogens (tertiary/aromatic N) is 1. The third-order valence-corrected chi connectivity index (χ3v) is 6.80. The van der Waals surface area contributed by atoms with E-state index in [9.17, 15) is 5.11 Å². The molecule has 136 valence electrons. The molecule has 0 amide bonds. The van der Waals surface area contributed by atoms with E-state index in [4.69, 9.17) is 10.5 Å². The highest BCUT2D eigenvalue weighted by Gasteiger charge is 2.59. The highest BCUT2D eigenvalue weighted by molar-refractivity contribution is 5.58. The zero-order valence-corrected chi connectivity index (χ0v) is 15.4. The molecule has 25 heavy (non-hydrogen) atoms. The van der Waals surface area contributed by atoms with Gasteiger partial charge in [0.05, 0.1) is 0 Å². The van der Waals surface area contributed by atoms with Crippen LogP contribution in [-0.2, 0) is 6.42 Å². The third kappa shape index (κ3) is 2.34. The topological polar surface area (TPSA) is 58.7 Å². The Hall–Kier alpha value is -1.52. The second-order valence-corrected chi connectivity index (χ2v) is 8.26. The van der Waals surface area contributed by atoms with Gasteiger partial charge in [0.15, 0.2) is 11.5 Å². The summed E-state index contributed by atoms with van der Waals surface area (Å²) in [5.41, 5.74) is 9.11. The van der Waals surface area contributed by atoms with Crippen LogP contribution >= 0.6 is 0 Å². The van der Waals surface area contributed by atoms with E-state index in [-0.39, 0.29) is 29.2 Å². The van der Waals surface area contributed by atoms with Crippen molar-refractivity contribution in [3.8, 4) is 11.5 Å². The Balaban J connectivity index is 1.84. The van der Waals surface area contributed by atoms with Crippen molar-refractivity contribution in [1.82, 2.24) is 4.90 Å². The second-order valence-electron chi connectivity index (χ2n) is 8.26. The summed E-state index contributed by atoms with van der Waals surface area (Å²) in [6.45, 7) is 10.6. The number of ether oxygens (including phenoxy) is 1. The van der Waals surface area contributed by atoms with Crippen molar-refractivity contribution in [2.45, 2.75) is 63.6 Å². The SMILES string of the molecule is C=CCN(CCC)C1Cc2ccc(O)c3c2C2C(O3)[C@H](N)CC[C@]21C. The average Bonchev–Trinajstić information content (AvgIpc) is 3.01. The lowest BCUT2D eigenvalue weighted by molar-refractivity contribution is -0.0207. The molecule has 1 aliphatic heterocycles. The fourth-order valence-electron chi connectivity index (χ4n) is 5.67. The van der Waals surface area contributed by atoms with Gasteiger partial charge in [-0.15, -0.1) is 6.58 Å². The van der Waals surface area contributed by atoms with Crippen molar-refractivity contribution in [2.75, 3.05) is 13.1 Å². The number of rotatable bonds is 5. The summed E-state index contributed by atoms with van der Waals surface area (Å²) in [5.74, 6) is 1.23. The maximum Gasteiger partial charge on any atom is 0.165 e. The van der Waals surface area contributed by atoms with Gasteiger partial charge in [-0.25, -0.2) is 0 Å². The number of benzene rings is 1. The van der Waals surface area contributed by atoms with Crippen LogP contribution in [0, 0.1) is 5.41 Å². The molecule has 0 bridgehead atoms. The van der Waals surface area contributed by atoms with Crippen molar-refractivity contribution in [3.05, 3.63) is 35.9 Å². The monoisotopic (exact) mass is 342 g/mol. The van der Waals surface area contributed by atoms with Crippen molar-refractivity contribution >= 4 is 0 Å². The fourth-order valence-corrected chi connectivity index (χ4v) is 5.67. The van der Waals surface area contributed by atoms with E-state index in [1.807, 2.05) is 6.08 Å². The Morgan fingerprint density at radius 2 is 2.28 bits per heavy atom. The molecule has 3 unspecified atom stereocenters. The molecule has 3 aliphatic rings. The Labute approximate surface area is 150 Å². The summed E-state index contributed by atoms with van der Waals surface area (Å²) in [6, 6.07) is 4.37. The summed E-state index contributed by atoms with van der Waals surface area (Å²) in [7, 11) is 0. The normalized spacial score (nSPS) is 35.4. The highest BCUT2D eigenvalue weighted by atomic mass is 16.5. The van der Waals surface area contributed by atoms with Gasteiger partial charge in [-0.2, -0.15) is 0 Å². The van der Waals surface area contributed by atoms with E-state index < -0.39 is 0 Å². The number of nitrogens with two attached hydrogens (primary N) is 1. The van der Waals surface area contributed by atoms with E-state index in [1.54, 1.807) is 6.07 Å². The number of phenols is 1. The minimum Gasteiger partial charge on any atom is -0.504 e. The molecule has 1 saturated carbocycles. The summed E-state index contributed by atoms with van der Waals surface area (Å²) in [6.07, 6.45) is 6.23. The molecule has 4 nitrogen and oxygen atoms in total. The van der Waals surface area contributed by atoms with Crippen LogP contribution in [-0.4, -0.2) is 41.3 Å². The van der Waals surface area contributed by atoms with E-state index in [1.165, 1.54) is 11.1 Å². The van der Waals surface area contributed by atoms with Gasteiger partial charge in [0.2, 0.25) is 0 Å². The smallest absolute Gasteiger partial charge is 0.165 e. The van der Waals surface area contributed by atoms with E-state index in [0.717, 1.165) is 38.8 Å². The molecular formula is C21H30N2O2. The second kappa shape index (κ2) is 6.03. The van der Waals surface area contributed by atoms with Gasteiger partial charge >= 0.3 is 0 Å². The first-order chi connectivity index (χ1) is 12.0. The van der Waals surface area contributed by atoms with Gasteiger partial charge in [0, 0.05) is 30.1 Å². The van der Waals surface area contributed by atoms with E-state index >= 15 is 0 Å². The quantitative estimate of drug-likeness (QED) is 0.807. The number of hydrogen-bond donors (Lipinski definition) is 2. The van der Waals surface area contributed by atoms with Gasteiger partial charge in [0.1, 0.15) is 6.10 Å². The number of aromatic hydroxyl groups is 1. The molecule has 1 fully saturated rings. The van der Waals surface area contributed by atoms with Crippen LogP contribution in [0.4, 0.5) is 0 Å². The van der Waals surface area contributed by atoms with Gasteiger partial charge in [-0.1, -0.05) is 26.0 Å². The summed E-state index contributed by atoms with van der Waals surface area (Å²) < 4.78 is 6.24. The lowest BCUT2D eigenvalue weighted by Crippen LogP contribution is -2.60. The molecule has 0 aromatic heterocycles. The first-order valence-electron chi connectivity index (χ1n) is 9.63. The summed E-state index contributed by atoms with van der Waals surface area (Å²) in [4.78, 5) is 2.59. The highest BCUT2D eigenvalue weighted by Crippen LogP contribution is 2.62. The number of phenolic OH excluding ortho intramolecular Hbond substituents is 1. The largest absolute Gasteiger partial charge is 0.504 e. The molecule has 4 rings (SSSR count). The van der Waals surface area contributed by atoms with Crippen molar-refractivity contribution in [1.29, 1.82) is 0 Å². The first kappa shape index (κ1) is 16.9. The molecule has 0 spiro atoms. The molecule has 0 saturated heterocycles. The molecule has 3 N–H and O–H groups in total. The van der Waals surface area contributed by atoms with Crippen molar-refractivity contribution < 1.29 is 9.84 Å². The van der Waals surface area contributed by atoms with Crippen LogP contribution in [0.2, 0.25) is 0 Å². The molecule has 2 aliphatic carbocycles. The Kier molecular flexibility index (Phi) is 4.08. The third-order valence-electron chi connectivity index (χ3n) is 6.80. The van der Waals surface area contributed by atoms with Gasteiger partial charge < -0.3 is 15.6 Å². The lowest BCUT2D eigenvalue weighted by atomic mass is 9.55. The molecule has 1 aromatic carbocycles. The Morgan fingerprint density at radius 3 is 3.00 bits per heavy atom. The Bertz CT molecular complexity index is 689. The minimum atomic E-state index is -0.0178. The van der Waals surface area contributed by atoms with Gasteiger partial charge in [-0.05, 0) is 49.3 Å². The zero-order chi connectivity index (χ0) is 17.8. The lowest BCUT2D eigenvalue weighted by Gasteiger charge is -2.55. The molecule has 0 radical (unpaired) electrons. The minimum absolute atomic E-state index is 0.0178. The van der Waals surface area contributed by atoms with Crippen LogP contribution in [0.25, 0.3) is 0 Å². The fraction of sp³-hybridized carbons (Fsp3) is 0.619. The van der Waals surface area contributed by atoms with Gasteiger partial charge in [-0.3, -0.25) is 4.90 Å². The standard InChI is InChI=1S/C21H30N2O2/c1-4-10-23(11-5-2)16-12-13-6-7-15(24)20-17(13)18-19(25-20)14(22)8-9-21(16,18)3/h4,6-7,14,16,18-19,24H,1,5,8-12,22H2,2-3H3/t14-,16?,18?,19?,21+/m1/s1. The van der Waals surface area contributed by atoms with Crippen LogP contribution in [0.5, 0.6) is 11.5 Å². The predicted octanol–water partition coefficient (Wildman–Crippen LogP) is 3.19. The van der Waals surface area contributed by atoms with Crippen LogP contribution in [0.15, 0.2) is 24.8 Å². The molecule has 4 heteroatoms. The maximum absolute atomic E-state index is 10.3.